The van der Waals surface area contributed by atoms with Crippen LogP contribution < -0.4 is 24.2 Å². The maximum atomic E-state index is 12.9. The van der Waals surface area contributed by atoms with Crippen LogP contribution in [0.2, 0.25) is 5.02 Å². The maximum Gasteiger partial charge on any atom is 0.263 e. The Bertz CT molecular complexity index is 981. The molecule has 10 heteroatoms. The lowest BCUT2D eigenvalue weighted by Crippen LogP contribution is -2.16. The normalized spacial score (nSPS) is 16.5. The van der Waals surface area contributed by atoms with Crippen LogP contribution in [-0.4, -0.2) is 42.3 Å². The van der Waals surface area contributed by atoms with Crippen molar-refractivity contribution < 1.29 is 22.6 Å². The van der Waals surface area contributed by atoms with Gasteiger partial charge in [-0.2, -0.15) is 0 Å². The predicted octanol–water partition coefficient (Wildman–Crippen LogP) is 3.91. The van der Waals surface area contributed by atoms with E-state index in [2.05, 4.69) is 26.0 Å². The zero-order chi connectivity index (χ0) is 21.0. The van der Waals surface area contributed by atoms with Crippen LogP contribution in [0.15, 0.2) is 39.7 Å². The molecular weight excluding hydrogens is 484 g/mol. The first-order valence-corrected chi connectivity index (χ1v) is 11.6. The molecular formula is C19H22BrClN2O5S. The number of benzene rings is 2. The highest BCUT2D eigenvalue weighted by molar-refractivity contribution is 9.10. The average Bonchev–Trinajstić information content (AvgIpc) is 3.21. The fourth-order valence-electron chi connectivity index (χ4n) is 2.99. The van der Waals surface area contributed by atoms with Crippen molar-refractivity contribution in [3.05, 3.63) is 39.8 Å². The molecule has 29 heavy (non-hydrogen) atoms. The molecule has 0 amide bonds. The van der Waals surface area contributed by atoms with E-state index in [1.807, 2.05) is 0 Å². The second-order valence-corrected chi connectivity index (χ2v) is 9.47. The van der Waals surface area contributed by atoms with E-state index in [4.69, 9.17) is 25.8 Å². The van der Waals surface area contributed by atoms with Crippen LogP contribution in [0.3, 0.4) is 0 Å². The Morgan fingerprint density at radius 1 is 1.17 bits per heavy atom. The molecule has 1 atom stereocenters. The Morgan fingerprint density at radius 3 is 2.55 bits per heavy atom. The number of sulfonamides is 1. The maximum absolute atomic E-state index is 12.9. The largest absolute Gasteiger partial charge is 0.493 e. The van der Waals surface area contributed by atoms with Gasteiger partial charge in [0.15, 0.2) is 11.5 Å². The highest BCUT2D eigenvalue weighted by atomic mass is 79.9. The van der Waals surface area contributed by atoms with Crippen molar-refractivity contribution in [1.82, 2.24) is 5.32 Å². The van der Waals surface area contributed by atoms with E-state index in [0.29, 0.717) is 45.0 Å². The molecule has 1 aliphatic rings. The van der Waals surface area contributed by atoms with Gasteiger partial charge in [0, 0.05) is 29.1 Å². The van der Waals surface area contributed by atoms with Crippen molar-refractivity contribution in [2.45, 2.75) is 11.3 Å². The van der Waals surface area contributed by atoms with Gasteiger partial charge in [0.2, 0.25) is 0 Å². The molecule has 0 spiro atoms. The third-order valence-corrected chi connectivity index (χ3v) is 7.20. The van der Waals surface area contributed by atoms with Crippen molar-refractivity contribution in [3.63, 3.8) is 0 Å². The lowest BCUT2D eigenvalue weighted by molar-refractivity contribution is 0.260. The number of hydrogen-bond acceptors (Lipinski definition) is 6. The monoisotopic (exact) mass is 504 g/mol. The summed E-state index contributed by atoms with van der Waals surface area (Å²) in [6, 6.07) is 7.70. The van der Waals surface area contributed by atoms with Crippen molar-refractivity contribution >= 4 is 43.2 Å². The molecule has 2 aromatic carbocycles. The fraction of sp³-hybridized carbons (Fsp3) is 0.368. The Morgan fingerprint density at radius 2 is 1.90 bits per heavy atom. The zero-order valence-corrected chi connectivity index (χ0v) is 19.2. The van der Waals surface area contributed by atoms with Crippen molar-refractivity contribution in [3.8, 4) is 17.2 Å². The topological polar surface area (TPSA) is 85.9 Å². The van der Waals surface area contributed by atoms with Gasteiger partial charge in [0.1, 0.15) is 10.6 Å². The molecule has 7 nitrogen and oxygen atoms in total. The van der Waals surface area contributed by atoms with Crippen LogP contribution in [0, 0.1) is 5.92 Å². The highest BCUT2D eigenvalue weighted by Gasteiger charge is 2.22. The summed E-state index contributed by atoms with van der Waals surface area (Å²) < 4.78 is 45.0. The number of rotatable bonds is 8. The van der Waals surface area contributed by atoms with Crippen molar-refractivity contribution in [1.29, 1.82) is 0 Å². The van der Waals surface area contributed by atoms with Gasteiger partial charge in [-0.15, -0.1) is 0 Å². The molecule has 1 heterocycles. The highest BCUT2D eigenvalue weighted by Crippen LogP contribution is 2.37. The molecule has 1 fully saturated rings. The summed E-state index contributed by atoms with van der Waals surface area (Å²) >= 11 is 9.49. The Kier molecular flexibility index (Phi) is 7.15. The summed E-state index contributed by atoms with van der Waals surface area (Å²) in [5.74, 6) is 1.57. The van der Waals surface area contributed by atoms with Gasteiger partial charge in [-0.3, -0.25) is 4.72 Å². The third-order valence-electron chi connectivity index (χ3n) is 4.55. The van der Waals surface area contributed by atoms with Crippen LogP contribution in [-0.2, 0) is 10.0 Å². The molecule has 0 saturated carbocycles. The SMILES string of the molecule is COc1cc(Br)c(S(=O)(=O)Nc2ccc(Cl)c(OCC3CCNC3)c2)cc1OC. The lowest BCUT2D eigenvalue weighted by atomic mass is 10.1. The third kappa shape index (κ3) is 5.28. The summed E-state index contributed by atoms with van der Waals surface area (Å²) in [5.41, 5.74) is 0.343. The van der Waals surface area contributed by atoms with E-state index < -0.39 is 10.0 Å². The smallest absolute Gasteiger partial charge is 0.263 e. The average molecular weight is 506 g/mol. The van der Waals surface area contributed by atoms with Gasteiger partial charge in [-0.05, 0) is 47.1 Å². The van der Waals surface area contributed by atoms with Crippen molar-refractivity contribution in [2.24, 2.45) is 5.92 Å². The predicted molar refractivity (Wildman–Crippen MR) is 116 cm³/mol. The number of ether oxygens (including phenoxy) is 3. The standard InChI is InChI=1S/C19H22BrClN2O5S/c1-26-17-8-14(20)19(9-18(17)27-2)29(24,25)23-13-3-4-15(21)16(7-13)28-11-12-5-6-22-10-12/h3-4,7-9,12,22-23H,5-6,10-11H2,1-2H3. The number of nitrogens with one attached hydrogen (secondary N) is 2. The number of anilines is 1. The number of hydrogen-bond donors (Lipinski definition) is 2. The molecule has 0 aromatic heterocycles. The van der Waals surface area contributed by atoms with Gasteiger partial charge in [-0.25, -0.2) is 8.42 Å². The molecule has 2 N–H and O–H groups in total. The first kappa shape index (κ1) is 22.0. The van der Waals surface area contributed by atoms with Crippen LogP contribution in [0.5, 0.6) is 17.2 Å². The Hall–Kier alpha value is -1.68. The molecule has 158 valence electrons. The quantitative estimate of drug-likeness (QED) is 0.566. The minimum atomic E-state index is -3.90. The van der Waals surface area contributed by atoms with Gasteiger partial charge in [0.25, 0.3) is 10.0 Å². The van der Waals surface area contributed by atoms with Gasteiger partial charge < -0.3 is 19.5 Å². The molecule has 3 rings (SSSR count). The summed E-state index contributed by atoms with van der Waals surface area (Å²) in [4.78, 5) is 0.0181. The lowest BCUT2D eigenvalue weighted by Gasteiger charge is -2.15. The summed E-state index contributed by atoms with van der Waals surface area (Å²) in [6.07, 6.45) is 1.04. The molecule has 0 radical (unpaired) electrons. The Balaban J connectivity index is 1.82. The van der Waals surface area contributed by atoms with Crippen molar-refractivity contribution in [2.75, 3.05) is 38.6 Å². The van der Waals surface area contributed by atoms with Gasteiger partial charge >= 0.3 is 0 Å². The first-order valence-electron chi connectivity index (χ1n) is 8.91. The summed E-state index contributed by atoms with van der Waals surface area (Å²) in [6.45, 7) is 2.39. The molecule has 1 aliphatic heterocycles. The minimum absolute atomic E-state index is 0.0181. The van der Waals surface area contributed by atoms with E-state index in [-0.39, 0.29) is 4.90 Å². The van der Waals surface area contributed by atoms with Crippen LogP contribution >= 0.6 is 27.5 Å². The summed E-state index contributed by atoms with van der Waals surface area (Å²) in [5, 5.41) is 3.70. The van der Waals surface area contributed by atoms with E-state index >= 15 is 0 Å². The second kappa shape index (κ2) is 9.42. The van der Waals surface area contributed by atoms with Crippen LogP contribution in [0.4, 0.5) is 5.69 Å². The number of halogens is 2. The van der Waals surface area contributed by atoms with Crippen LogP contribution in [0.1, 0.15) is 6.42 Å². The molecule has 1 saturated heterocycles. The summed E-state index contributed by atoms with van der Waals surface area (Å²) in [7, 11) is -0.980. The van der Waals surface area contributed by atoms with E-state index in [0.717, 1.165) is 19.5 Å². The molecule has 0 aliphatic carbocycles. The van der Waals surface area contributed by atoms with E-state index in [9.17, 15) is 8.42 Å². The number of methoxy groups -OCH3 is 2. The van der Waals surface area contributed by atoms with Crippen LogP contribution in [0.25, 0.3) is 0 Å². The minimum Gasteiger partial charge on any atom is -0.493 e. The van der Waals surface area contributed by atoms with Gasteiger partial charge in [0.05, 0.1) is 31.5 Å². The second-order valence-electron chi connectivity index (χ2n) is 6.56. The first-order chi connectivity index (χ1) is 13.8. The molecule has 0 bridgehead atoms. The van der Waals surface area contributed by atoms with E-state index in [1.54, 1.807) is 24.3 Å². The van der Waals surface area contributed by atoms with E-state index in [1.165, 1.54) is 20.3 Å². The Labute approximate surface area is 183 Å². The fourth-order valence-corrected chi connectivity index (χ4v) is 5.25. The molecule has 1 unspecified atom stereocenters. The molecule has 2 aromatic rings. The zero-order valence-electron chi connectivity index (χ0n) is 16.0. The van der Waals surface area contributed by atoms with Gasteiger partial charge in [-0.1, -0.05) is 11.6 Å².